The zero-order chi connectivity index (χ0) is 19.5. The van der Waals surface area contributed by atoms with E-state index < -0.39 is 0 Å². The lowest BCUT2D eigenvalue weighted by molar-refractivity contribution is -0.124. The number of ether oxygens (including phenoxy) is 1. The summed E-state index contributed by atoms with van der Waals surface area (Å²) in [6, 6.07) is 9.15. The van der Waals surface area contributed by atoms with Gasteiger partial charge in [-0.25, -0.2) is 0 Å². The molecule has 6 nitrogen and oxygen atoms in total. The van der Waals surface area contributed by atoms with Gasteiger partial charge >= 0.3 is 0 Å². The SMILES string of the molecule is CC(NC(=O)CC1CC2CCC(C1)N2)c1ccc(OCC(=O)NC2CC2)cc1. The van der Waals surface area contributed by atoms with Crippen molar-refractivity contribution in [1.82, 2.24) is 16.0 Å². The lowest BCUT2D eigenvalue weighted by Crippen LogP contribution is -2.40. The van der Waals surface area contributed by atoms with E-state index in [1.54, 1.807) is 0 Å². The summed E-state index contributed by atoms with van der Waals surface area (Å²) in [6.45, 7) is 2.04. The highest BCUT2D eigenvalue weighted by molar-refractivity contribution is 5.78. The van der Waals surface area contributed by atoms with Crippen molar-refractivity contribution in [3.05, 3.63) is 29.8 Å². The lowest BCUT2D eigenvalue weighted by Gasteiger charge is -2.29. The van der Waals surface area contributed by atoms with Gasteiger partial charge in [0.2, 0.25) is 5.91 Å². The second-order valence-electron chi connectivity index (χ2n) is 8.67. The second-order valence-corrected chi connectivity index (χ2v) is 8.67. The highest BCUT2D eigenvalue weighted by Gasteiger charge is 2.34. The highest BCUT2D eigenvalue weighted by atomic mass is 16.5. The standard InChI is InChI=1S/C22H31N3O3/c1-14(23-21(26)12-15-10-18-6-7-19(11-15)24-18)16-2-8-20(9-3-16)28-13-22(27)25-17-4-5-17/h2-3,8-9,14-15,17-19,24H,4-7,10-13H2,1H3,(H,23,26)(H,25,27). The Balaban J connectivity index is 1.20. The fourth-order valence-corrected chi connectivity index (χ4v) is 4.49. The number of hydrogen-bond acceptors (Lipinski definition) is 4. The molecule has 4 rings (SSSR count). The molecule has 1 saturated carbocycles. The zero-order valence-electron chi connectivity index (χ0n) is 16.6. The first-order chi connectivity index (χ1) is 13.5. The van der Waals surface area contributed by atoms with Crippen LogP contribution in [0.15, 0.2) is 24.3 Å². The summed E-state index contributed by atoms with van der Waals surface area (Å²) in [5, 5.41) is 9.66. The number of rotatable bonds is 8. The summed E-state index contributed by atoms with van der Waals surface area (Å²) >= 11 is 0. The molecule has 3 atom stereocenters. The van der Waals surface area contributed by atoms with Crippen LogP contribution in [-0.4, -0.2) is 36.5 Å². The maximum Gasteiger partial charge on any atom is 0.258 e. The van der Waals surface area contributed by atoms with Gasteiger partial charge in [0.05, 0.1) is 6.04 Å². The molecule has 3 unspecified atom stereocenters. The summed E-state index contributed by atoms with van der Waals surface area (Å²) in [7, 11) is 0. The molecule has 2 bridgehead atoms. The average Bonchev–Trinajstić information content (AvgIpc) is 3.42. The molecule has 28 heavy (non-hydrogen) atoms. The Hall–Kier alpha value is -2.08. The van der Waals surface area contributed by atoms with E-state index in [0.717, 1.165) is 31.2 Å². The summed E-state index contributed by atoms with van der Waals surface area (Å²) < 4.78 is 5.53. The smallest absolute Gasteiger partial charge is 0.258 e. The summed E-state index contributed by atoms with van der Waals surface area (Å²) in [4.78, 5) is 24.1. The fourth-order valence-electron chi connectivity index (χ4n) is 4.49. The molecule has 2 aliphatic heterocycles. The Labute approximate surface area is 166 Å². The molecule has 1 aromatic rings. The second kappa shape index (κ2) is 8.52. The van der Waals surface area contributed by atoms with Gasteiger partial charge in [-0.3, -0.25) is 9.59 Å². The van der Waals surface area contributed by atoms with Crippen molar-refractivity contribution >= 4 is 11.8 Å². The van der Waals surface area contributed by atoms with Crippen LogP contribution in [0.1, 0.15) is 63.5 Å². The molecular weight excluding hydrogens is 354 g/mol. The minimum atomic E-state index is -0.0708. The molecule has 6 heteroatoms. The van der Waals surface area contributed by atoms with Crippen molar-refractivity contribution in [2.24, 2.45) is 5.92 Å². The number of carbonyl (C=O) groups excluding carboxylic acids is 2. The maximum absolute atomic E-state index is 12.5. The Morgan fingerprint density at radius 3 is 2.39 bits per heavy atom. The topological polar surface area (TPSA) is 79.5 Å². The molecule has 0 radical (unpaired) electrons. The molecule has 0 aromatic heterocycles. The first kappa shape index (κ1) is 19.2. The molecule has 3 fully saturated rings. The van der Waals surface area contributed by atoms with Crippen LogP contribution in [0.5, 0.6) is 5.75 Å². The van der Waals surface area contributed by atoms with Crippen molar-refractivity contribution in [3.8, 4) is 5.75 Å². The Bertz CT molecular complexity index is 689. The van der Waals surface area contributed by atoms with Gasteiger partial charge in [0, 0.05) is 24.5 Å². The Morgan fingerprint density at radius 1 is 1.07 bits per heavy atom. The van der Waals surface area contributed by atoms with Crippen molar-refractivity contribution in [1.29, 1.82) is 0 Å². The molecule has 3 aliphatic rings. The van der Waals surface area contributed by atoms with Gasteiger partial charge in [-0.05, 0) is 69.1 Å². The van der Waals surface area contributed by atoms with E-state index in [4.69, 9.17) is 4.74 Å². The molecule has 2 heterocycles. The Kier molecular flexibility index (Phi) is 5.85. The number of fused-ring (bicyclic) bond motifs is 2. The molecule has 0 spiro atoms. The lowest BCUT2D eigenvalue weighted by atomic mass is 9.89. The van der Waals surface area contributed by atoms with Gasteiger partial charge in [0.1, 0.15) is 5.75 Å². The van der Waals surface area contributed by atoms with Crippen molar-refractivity contribution < 1.29 is 14.3 Å². The average molecular weight is 386 g/mol. The molecule has 3 N–H and O–H groups in total. The van der Waals surface area contributed by atoms with Crippen LogP contribution in [0.4, 0.5) is 0 Å². The van der Waals surface area contributed by atoms with Gasteiger partial charge in [0.25, 0.3) is 5.91 Å². The highest BCUT2D eigenvalue weighted by Crippen LogP contribution is 2.32. The van der Waals surface area contributed by atoms with E-state index in [2.05, 4.69) is 16.0 Å². The van der Waals surface area contributed by atoms with Crippen molar-refractivity contribution in [3.63, 3.8) is 0 Å². The normalized spacial score (nSPS) is 27.1. The summed E-state index contributed by atoms with van der Waals surface area (Å²) in [5.74, 6) is 1.23. The van der Waals surface area contributed by atoms with E-state index in [1.165, 1.54) is 12.8 Å². The quantitative estimate of drug-likeness (QED) is 0.642. The number of carbonyl (C=O) groups is 2. The first-order valence-corrected chi connectivity index (χ1v) is 10.6. The van der Waals surface area contributed by atoms with Crippen LogP contribution in [0.3, 0.4) is 0 Å². The van der Waals surface area contributed by atoms with Crippen LogP contribution >= 0.6 is 0 Å². The third-order valence-electron chi connectivity index (χ3n) is 6.11. The van der Waals surface area contributed by atoms with Gasteiger partial charge < -0.3 is 20.7 Å². The predicted molar refractivity (Wildman–Crippen MR) is 107 cm³/mol. The van der Waals surface area contributed by atoms with Gasteiger partial charge in [-0.1, -0.05) is 12.1 Å². The molecule has 1 aromatic carbocycles. The van der Waals surface area contributed by atoms with Crippen LogP contribution in [-0.2, 0) is 9.59 Å². The van der Waals surface area contributed by atoms with E-state index in [0.29, 0.717) is 36.2 Å². The molecule has 2 saturated heterocycles. The van der Waals surface area contributed by atoms with Crippen LogP contribution in [0.25, 0.3) is 0 Å². The van der Waals surface area contributed by atoms with E-state index in [9.17, 15) is 9.59 Å². The molecular formula is C22H31N3O3. The first-order valence-electron chi connectivity index (χ1n) is 10.6. The number of piperidine rings is 1. The van der Waals surface area contributed by atoms with Crippen molar-refractivity contribution in [2.75, 3.05) is 6.61 Å². The molecule has 152 valence electrons. The largest absolute Gasteiger partial charge is 0.484 e. The van der Waals surface area contributed by atoms with Crippen molar-refractivity contribution in [2.45, 2.75) is 76.0 Å². The van der Waals surface area contributed by atoms with Gasteiger partial charge in [0.15, 0.2) is 6.61 Å². The molecule has 1 aliphatic carbocycles. The number of amides is 2. The number of benzene rings is 1. The Morgan fingerprint density at radius 2 is 1.75 bits per heavy atom. The van der Waals surface area contributed by atoms with E-state index in [-0.39, 0.29) is 24.5 Å². The minimum Gasteiger partial charge on any atom is -0.484 e. The van der Waals surface area contributed by atoms with E-state index >= 15 is 0 Å². The van der Waals surface area contributed by atoms with Crippen LogP contribution in [0.2, 0.25) is 0 Å². The minimum absolute atomic E-state index is 0.0420. The van der Waals surface area contributed by atoms with Gasteiger partial charge in [-0.15, -0.1) is 0 Å². The zero-order valence-corrected chi connectivity index (χ0v) is 16.6. The monoisotopic (exact) mass is 385 g/mol. The third-order valence-corrected chi connectivity index (χ3v) is 6.11. The van der Waals surface area contributed by atoms with Crippen LogP contribution in [0, 0.1) is 5.92 Å². The summed E-state index contributed by atoms with van der Waals surface area (Å²) in [6.07, 6.45) is 7.53. The van der Waals surface area contributed by atoms with Crippen LogP contribution < -0.4 is 20.7 Å². The predicted octanol–water partition coefficient (Wildman–Crippen LogP) is 2.44. The fraction of sp³-hybridized carbons (Fsp3) is 0.636. The number of hydrogen-bond donors (Lipinski definition) is 3. The summed E-state index contributed by atoms with van der Waals surface area (Å²) in [5.41, 5.74) is 1.04. The third kappa shape index (κ3) is 5.25. The molecule has 2 amide bonds. The van der Waals surface area contributed by atoms with E-state index in [1.807, 2.05) is 31.2 Å². The maximum atomic E-state index is 12.5. The number of nitrogens with one attached hydrogen (secondary N) is 3. The van der Waals surface area contributed by atoms with Gasteiger partial charge in [-0.2, -0.15) is 0 Å².